The number of benzene rings is 1. The standard InChI is InChI=1S/C14H15F2NO3S/c15-13(16)21-10-4-2-9(3-5-10)17-11(18)8-14(12(19)20)6-1-7-14/h2-5,13H,1,6-8H2,(H,17,18)(H,19,20). The molecule has 0 atom stereocenters. The van der Waals surface area contributed by atoms with Crippen LogP contribution in [0.4, 0.5) is 14.5 Å². The summed E-state index contributed by atoms with van der Waals surface area (Å²) in [5.74, 6) is -3.79. The monoisotopic (exact) mass is 315 g/mol. The van der Waals surface area contributed by atoms with Crippen LogP contribution >= 0.6 is 11.8 Å². The maximum atomic E-state index is 12.2. The van der Waals surface area contributed by atoms with E-state index in [4.69, 9.17) is 5.11 Å². The van der Waals surface area contributed by atoms with Gasteiger partial charge in [-0.2, -0.15) is 8.78 Å². The number of carboxylic acids is 1. The maximum absolute atomic E-state index is 12.2. The molecule has 0 heterocycles. The van der Waals surface area contributed by atoms with Crippen molar-refractivity contribution in [1.82, 2.24) is 0 Å². The van der Waals surface area contributed by atoms with Crippen LogP contribution in [-0.4, -0.2) is 22.7 Å². The Balaban J connectivity index is 1.92. The quantitative estimate of drug-likeness (QED) is 0.787. The molecule has 1 aliphatic rings. The van der Waals surface area contributed by atoms with E-state index < -0.39 is 17.1 Å². The average molecular weight is 315 g/mol. The number of rotatable bonds is 6. The number of thioether (sulfide) groups is 1. The molecular formula is C14H15F2NO3S. The second kappa shape index (κ2) is 6.43. The van der Waals surface area contributed by atoms with E-state index in [1.807, 2.05) is 0 Å². The van der Waals surface area contributed by atoms with Gasteiger partial charge >= 0.3 is 5.97 Å². The van der Waals surface area contributed by atoms with Crippen LogP contribution in [0.3, 0.4) is 0 Å². The largest absolute Gasteiger partial charge is 0.481 e. The number of nitrogens with one attached hydrogen (secondary N) is 1. The first-order valence-electron chi connectivity index (χ1n) is 6.49. The average Bonchev–Trinajstić information content (AvgIpc) is 2.35. The van der Waals surface area contributed by atoms with Crippen LogP contribution in [0.5, 0.6) is 0 Å². The number of amides is 1. The Kier molecular flexibility index (Phi) is 4.82. The molecule has 1 saturated carbocycles. The minimum Gasteiger partial charge on any atom is -0.481 e. The second-order valence-corrected chi connectivity index (χ2v) is 6.13. The Morgan fingerprint density at radius 3 is 2.33 bits per heavy atom. The summed E-state index contributed by atoms with van der Waals surface area (Å²) < 4.78 is 24.4. The molecule has 1 fully saturated rings. The van der Waals surface area contributed by atoms with Gasteiger partial charge in [-0.15, -0.1) is 0 Å². The molecule has 1 amide bonds. The molecule has 1 aromatic rings. The molecule has 4 nitrogen and oxygen atoms in total. The van der Waals surface area contributed by atoms with Crippen molar-refractivity contribution in [2.75, 3.05) is 5.32 Å². The van der Waals surface area contributed by atoms with Crippen molar-refractivity contribution in [3.8, 4) is 0 Å². The summed E-state index contributed by atoms with van der Waals surface area (Å²) in [5, 5.41) is 11.8. The Labute approximate surface area is 124 Å². The third kappa shape index (κ3) is 3.93. The number of halogens is 2. The first-order valence-corrected chi connectivity index (χ1v) is 7.37. The van der Waals surface area contributed by atoms with Gasteiger partial charge in [-0.05, 0) is 37.1 Å². The Hall–Kier alpha value is -1.63. The van der Waals surface area contributed by atoms with E-state index in [0.717, 1.165) is 6.42 Å². The third-order valence-electron chi connectivity index (χ3n) is 3.63. The lowest BCUT2D eigenvalue weighted by Gasteiger charge is -2.36. The van der Waals surface area contributed by atoms with E-state index in [9.17, 15) is 18.4 Å². The molecule has 0 aromatic heterocycles. The zero-order valence-corrected chi connectivity index (χ0v) is 12.0. The van der Waals surface area contributed by atoms with Crippen LogP contribution in [-0.2, 0) is 9.59 Å². The lowest BCUT2D eigenvalue weighted by Crippen LogP contribution is -2.41. The highest BCUT2D eigenvalue weighted by molar-refractivity contribution is 7.99. The molecule has 0 radical (unpaired) electrons. The number of carbonyl (C=O) groups is 2. The summed E-state index contributed by atoms with van der Waals surface area (Å²) in [5.41, 5.74) is -0.464. The number of carboxylic acid groups (broad SMARTS) is 1. The first kappa shape index (κ1) is 15.8. The van der Waals surface area contributed by atoms with Gasteiger partial charge in [0.15, 0.2) is 0 Å². The number of hydrogen-bond donors (Lipinski definition) is 2. The van der Waals surface area contributed by atoms with Gasteiger partial charge in [0.25, 0.3) is 5.76 Å². The Morgan fingerprint density at radius 1 is 1.29 bits per heavy atom. The molecule has 0 saturated heterocycles. The Morgan fingerprint density at radius 2 is 1.90 bits per heavy atom. The Bertz CT molecular complexity index is 530. The fraction of sp³-hybridized carbons (Fsp3) is 0.429. The lowest BCUT2D eigenvalue weighted by atomic mass is 9.66. The number of carbonyl (C=O) groups excluding carboxylic acids is 1. The van der Waals surface area contributed by atoms with E-state index in [0.29, 0.717) is 35.2 Å². The molecule has 1 aromatic carbocycles. The molecule has 0 bridgehead atoms. The van der Waals surface area contributed by atoms with E-state index in [1.54, 1.807) is 0 Å². The predicted octanol–water partition coefficient (Wildman–Crippen LogP) is 3.58. The van der Waals surface area contributed by atoms with Crippen molar-refractivity contribution in [2.24, 2.45) is 5.41 Å². The van der Waals surface area contributed by atoms with Gasteiger partial charge in [-0.3, -0.25) is 9.59 Å². The SMILES string of the molecule is O=C(CC1(C(=O)O)CCC1)Nc1ccc(SC(F)F)cc1. The molecule has 114 valence electrons. The third-order valence-corrected chi connectivity index (χ3v) is 4.35. The van der Waals surface area contributed by atoms with Crippen LogP contribution in [0.25, 0.3) is 0 Å². The van der Waals surface area contributed by atoms with Gasteiger partial charge in [0.1, 0.15) is 0 Å². The molecule has 2 rings (SSSR count). The number of alkyl halides is 2. The van der Waals surface area contributed by atoms with Gasteiger partial charge in [0.2, 0.25) is 5.91 Å². The summed E-state index contributed by atoms with van der Waals surface area (Å²) in [7, 11) is 0. The van der Waals surface area contributed by atoms with Gasteiger partial charge in [-0.1, -0.05) is 18.2 Å². The van der Waals surface area contributed by atoms with E-state index in [-0.39, 0.29) is 12.3 Å². The van der Waals surface area contributed by atoms with E-state index >= 15 is 0 Å². The smallest absolute Gasteiger partial charge is 0.310 e. The highest BCUT2D eigenvalue weighted by Crippen LogP contribution is 2.44. The van der Waals surface area contributed by atoms with E-state index in [2.05, 4.69) is 5.32 Å². The molecule has 0 unspecified atom stereocenters. The van der Waals surface area contributed by atoms with Crippen molar-refractivity contribution >= 4 is 29.3 Å². The molecule has 0 spiro atoms. The van der Waals surface area contributed by atoms with Crippen LogP contribution in [0, 0.1) is 5.41 Å². The predicted molar refractivity (Wildman–Crippen MR) is 75.5 cm³/mol. The second-order valence-electron chi connectivity index (χ2n) is 5.07. The maximum Gasteiger partial charge on any atom is 0.310 e. The fourth-order valence-corrected chi connectivity index (χ4v) is 2.80. The summed E-state index contributed by atoms with van der Waals surface area (Å²) in [4.78, 5) is 23.5. The number of anilines is 1. The van der Waals surface area contributed by atoms with Crippen LogP contribution in [0.1, 0.15) is 25.7 Å². The molecular weight excluding hydrogens is 300 g/mol. The topological polar surface area (TPSA) is 66.4 Å². The summed E-state index contributed by atoms with van der Waals surface area (Å²) in [6.45, 7) is 0. The summed E-state index contributed by atoms with van der Waals surface area (Å²) in [6.07, 6.45) is 1.79. The minimum atomic E-state index is -2.49. The van der Waals surface area contributed by atoms with Gasteiger partial charge < -0.3 is 10.4 Å². The molecule has 0 aliphatic heterocycles. The highest BCUT2D eigenvalue weighted by atomic mass is 32.2. The van der Waals surface area contributed by atoms with Crippen LogP contribution < -0.4 is 5.32 Å². The molecule has 7 heteroatoms. The zero-order chi connectivity index (χ0) is 15.5. The molecule has 2 N–H and O–H groups in total. The normalized spacial score (nSPS) is 16.3. The number of aliphatic carboxylic acids is 1. The zero-order valence-electron chi connectivity index (χ0n) is 11.1. The van der Waals surface area contributed by atoms with Crippen LogP contribution in [0.15, 0.2) is 29.2 Å². The van der Waals surface area contributed by atoms with Crippen molar-refractivity contribution in [3.05, 3.63) is 24.3 Å². The summed E-state index contributed by atoms with van der Waals surface area (Å²) >= 11 is 0.429. The summed E-state index contributed by atoms with van der Waals surface area (Å²) in [6, 6.07) is 6.03. The number of hydrogen-bond acceptors (Lipinski definition) is 3. The van der Waals surface area contributed by atoms with Crippen molar-refractivity contribution in [2.45, 2.75) is 36.3 Å². The van der Waals surface area contributed by atoms with Crippen molar-refractivity contribution < 1.29 is 23.5 Å². The van der Waals surface area contributed by atoms with E-state index in [1.165, 1.54) is 24.3 Å². The van der Waals surface area contributed by atoms with Gasteiger partial charge in [0, 0.05) is 17.0 Å². The molecule has 21 heavy (non-hydrogen) atoms. The van der Waals surface area contributed by atoms with Crippen LogP contribution in [0.2, 0.25) is 0 Å². The minimum absolute atomic E-state index is 0.0597. The first-order chi connectivity index (χ1) is 9.91. The van der Waals surface area contributed by atoms with Crippen molar-refractivity contribution in [3.63, 3.8) is 0 Å². The lowest BCUT2D eigenvalue weighted by molar-refractivity contribution is -0.157. The van der Waals surface area contributed by atoms with Crippen molar-refractivity contribution in [1.29, 1.82) is 0 Å². The fourth-order valence-electron chi connectivity index (χ4n) is 2.30. The molecule has 1 aliphatic carbocycles. The van der Waals surface area contributed by atoms with Gasteiger partial charge in [-0.25, -0.2) is 0 Å². The highest BCUT2D eigenvalue weighted by Gasteiger charge is 2.45. The van der Waals surface area contributed by atoms with Gasteiger partial charge in [0.05, 0.1) is 5.41 Å².